The fourth-order valence-electron chi connectivity index (χ4n) is 0.126. The molecule has 0 bridgehead atoms. The van der Waals surface area contributed by atoms with Crippen molar-refractivity contribution in [2.75, 3.05) is 11.0 Å². The standard InChI is InChI=1S/C3H9IN2/c5-2-1-4-3-6/h3H,1-2,5-6H2. The third-order valence-corrected chi connectivity index (χ3v) is 2.06. The van der Waals surface area contributed by atoms with E-state index in [4.69, 9.17) is 11.5 Å². The molecule has 4 N–H and O–H groups in total. The van der Waals surface area contributed by atoms with E-state index in [0.29, 0.717) is 0 Å². The average Bonchev–Trinajstić information content (AvgIpc) is 1.61. The van der Waals surface area contributed by atoms with Crippen LogP contribution in [0.1, 0.15) is 0 Å². The highest BCUT2D eigenvalue weighted by atomic mass is 127. The molecule has 0 aliphatic carbocycles. The molecule has 0 aromatic heterocycles. The van der Waals surface area contributed by atoms with Crippen LogP contribution in [0.5, 0.6) is 0 Å². The first kappa shape index (κ1) is 6.52. The maximum absolute atomic E-state index is 5.17. The van der Waals surface area contributed by atoms with Crippen LogP contribution in [-0.4, -0.2) is 15.1 Å². The summed E-state index contributed by atoms with van der Waals surface area (Å²) in [6.07, 6.45) is 0. The monoisotopic (exact) mass is 200 g/mol. The second-order valence-electron chi connectivity index (χ2n) is 0.758. The van der Waals surface area contributed by atoms with Gasteiger partial charge in [0.1, 0.15) is 0 Å². The van der Waals surface area contributed by atoms with E-state index < -0.39 is 0 Å². The summed E-state index contributed by atoms with van der Waals surface area (Å²) in [6.45, 7) is 0.793. The quantitative estimate of drug-likeness (QED) is 0.472. The topological polar surface area (TPSA) is 52.0 Å². The van der Waals surface area contributed by atoms with Crippen LogP contribution in [0.25, 0.3) is 0 Å². The summed E-state index contributed by atoms with van der Waals surface area (Å²) in [5.41, 5.74) is 10.2. The zero-order chi connectivity index (χ0) is 4.83. The second-order valence-corrected chi connectivity index (χ2v) is 3.44. The molecule has 0 aliphatic heterocycles. The normalized spacial score (nSPS) is 11.7. The van der Waals surface area contributed by atoms with Crippen molar-refractivity contribution in [1.82, 2.24) is 0 Å². The molecular weight excluding hydrogens is 191 g/mol. The predicted octanol–water partition coefficient (Wildman–Crippen LogP) is -0.366. The highest BCUT2D eigenvalue weighted by molar-refractivity contribution is 14.2. The zero-order valence-corrected chi connectivity index (χ0v) is 5.68. The molecular formula is C3H9IN2. The molecule has 0 saturated heterocycles. The highest BCUT2D eigenvalue weighted by Gasteiger charge is 1.65. The summed E-state index contributed by atoms with van der Waals surface area (Å²) >= 11 is 0.156. The second kappa shape index (κ2) is 5.52. The smallest absolute Gasteiger partial charge is 0.00794 e. The molecule has 0 heterocycles. The predicted molar refractivity (Wildman–Crippen MR) is 38.2 cm³/mol. The van der Waals surface area contributed by atoms with Gasteiger partial charge >= 0.3 is 0 Å². The summed E-state index contributed by atoms with van der Waals surface area (Å²) in [4.78, 5) is 0. The molecule has 0 amide bonds. The molecule has 0 aromatic rings. The molecule has 0 unspecified atom stereocenters. The lowest BCUT2D eigenvalue weighted by atomic mass is 10.8. The Balaban J connectivity index is 2.66. The molecule has 0 saturated carbocycles. The van der Waals surface area contributed by atoms with Crippen LogP contribution in [-0.2, 0) is 0 Å². The molecule has 0 rings (SSSR count). The van der Waals surface area contributed by atoms with Crippen molar-refractivity contribution < 1.29 is 0 Å². The fourth-order valence-corrected chi connectivity index (χ4v) is 0.845. The minimum Gasteiger partial charge on any atom is -0.330 e. The number of hydrogen-bond acceptors (Lipinski definition) is 2. The van der Waals surface area contributed by atoms with Crippen LogP contribution in [0.15, 0.2) is 0 Å². The Morgan fingerprint density at radius 1 is 1.67 bits per heavy atom. The third kappa shape index (κ3) is 4.52. The summed E-state index contributed by atoms with van der Waals surface area (Å²) in [5, 5.41) is 0. The number of rotatable bonds is 2. The molecule has 0 spiro atoms. The van der Waals surface area contributed by atoms with Crippen molar-refractivity contribution in [2.24, 2.45) is 11.5 Å². The highest BCUT2D eigenvalue weighted by Crippen LogP contribution is 1.85. The third-order valence-electron chi connectivity index (χ3n) is 0.307. The number of halogens is 1. The van der Waals surface area contributed by atoms with Gasteiger partial charge in [-0.05, 0) is 0 Å². The minimum absolute atomic E-state index is 0.156. The van der Waals surface area contributed by atoms with Crippen molar-refractivity contribution in [2.45, 2.75) is 0 Å². The van der Waals surface area contributed by atoms with Gasteiger partial charge in [-0.25, -0.2) is 0 Å². The first-order valence-corrected chi connectivity index (χ1v) is 4.50. The molecule has 0 atom stereocenters. The molecule has 0 aliphatic rings. The molecule has 3 heteroatoms. The fraction of sp³-hybridized carbons (Fsp3) is 0.667. The van der Waals surface area contributed by atoms with E-state index in [0.717, 1.165) is 11.0 Å². The van der Waals surface area contributed by atoms with Crippen molar-refractivity contribution in [3.05, 3.63) is 0 Å². The van der Waals surface area contributed by atoms with Crippen LogP contribution >= 0.6 is 20.7 Å². The van der Waals surface area contributed by atoms with Gasteiger partial charge < -0.3 is 11.5 Å². The van der Waals surface area contributed by atoms with Gasteiger partial charge in [0.2, 0.25) is 0 Å². The maximum Gasteiger partial charge on any atom is 0.00794 e. The van der Waals surface area contributed by atoms with Crippen LogP contribution < -0.4 is 11.5 Å². The van der Waals surface area contributed by atoms with Gasteiger partial charge in [-0.1, -0.05) is 0 Å². The van der Waals surface area contributed by atoms with Gasteiger partial charge in [0.05, 0.1) is 0 Å². The number of hydrogen-bond donors (Lipinski definition) is 2. The van der Waals surface area contributed by atoms with E-state index in [1.54, 1.807) is 4.14 Å². The molecule has 2 nitrogen and oxygen atoms in total. The summed E-state index contributed by atoms with van der Waals surface area (Å²) < 4.78 is 2.86. The molecule has 6 heavy (non-hydrogen) atoms. The van der Waals surface area contributed by atoms with Crippen LogP contribution in [0, 0.1) is 0 Å². The van der Waals surface area contributed by atoms with E-state index in [2.05, 4.69) is 0 Å². The van der Waals surface area contributed by atoms with Gasteiger partial charge in [-0.2, -0.15) is 0 Å². The maximum atomic E-state index is 5.17. The van der Waals surface area contributed by atoms with Gasteiger partial charge in [0.25, 0.3) is 0 Å². The Labute approximate surface area is 47.6 Å². The van der Waals surface area contributed by atoms with E-state index in [9.17, 15) is 0 Å². The van der Waals surface area contributed by atoms with Crippen molar-refractivity contribution in [1.29, 1.82) is 0 Å². The zero-order valence-electron chi connectivity index (χ0n) is 3.52. The van der Waals surface area contributed by atoms with Crippen molar-refractivity contribution in [3.63, 3.8) is 0 Å². The lowest BCUT2D eigenvalue weighted by Gasteiger charge is -1.76. The van der Waals surface area contributed by atoms with E-state index in [1.807, 2.05) is 0 Å². The Kier molecular flexibility index (Phi) is 6.00. The van der Waals surface area contributed by atoms with Crippen molar-refractivity contribution in [3.8, 4) is 0 Å². The Hall–Kier alpha value is 0.520. The van der Waals surface area contributed by atoms with Gasteiger partial charge in [-0.15, -0.1) is 20.7 Å². The first-order chi connectivity index (χ1) is 2.91. The lowest BCUT2D eigenvalue weighted by molar-refractivity contribution is 1.17. The van der Waals surface area contributed by atoms with E-state index in [-0.39, 0.29) is 20.7 Å². The summed E-state index contributed by atoms with van der Waals surface area (Å²) in [7, 11) is 0. The minimum atomic E-state index is 0.156. The van der Waals surface area contributed by atoms with E-state index in [1.165, 1.54) is 0 Å². The number of alkyl halides is 1. The summed E-state index contributed by atoms with van der Waals surface area (Å²) in [6, 6.07) is 0. The Morgan fingerprint density at radius 3 is 2.50 bits per heavy atom. The van der Waals surface area contributed by atoms with Crippen molar-refractivity contribution >= 4 is 24.9 Å². The first-order valence-electron chi connectivity index (χ1n) is 1.73. The van der Waals surface area contributed by atoms with Gasteiger partial charge in [0.15, 0.2) is 0 Å². The molecule has 0 fully saturated rings. The van der Waals surface area contributed by atoms with Crippen LogP contribution in [0.2, 0.25) is 0 Å². The lowest BCUT2D eigenvalue weighted by Crippen LogP contribution is -1.99. The Bertz CT molecular complexity index is 44.1. The average molecular weight is 200 g/mol. The summed E-state index contributed by atoms with van der Waals surface area (Å²) in [5.74, 6) is 0. The van der Waals surface area contributed by atoms with Gasteiger partial charge in [0, 0.05) is 15.1 Å². The van der Waals surface area contributed by atoms with Crippen LogP contribution in [0.3, 0.4) is 0 Å². The Morgan fingerprint density at radius 2 is 2.33 bits per heavy atom. The van der Waals surface area contributed by atoms with Gasteiger partial charge in [-0.3, -0.25) is 0 Å². The largest absolute Gasteiger partial charge is 0.330 e. The SMILES string of the molecule is N/C=I/CCN. The van der Waals surface area contributed by atoms with E-state index >= 15 is 0 Å². The molecule has 0 radical (unpaired) electrons. The number of nitrogens with two attached hydrogens (primary N) is 2. The molecule has 0 aromatic carbocycles. The molecule has 38 valence electrons. The van der Waals surface area contributed by atoms with Crippen LogP contribution in [0.4, 0.5) is 0 Å².